The van der Waals surface area contributed by atoms with E-state index >= 15 is 0 Å². The van der Waals surface area contributed by atoms with Gasteiger partial charge in [-0.15, -0.1) is 0 Å². The Morgan fingerprint density at radius 2 is 2.37 bits per heavy atom. The van der Waals surface area contributed by atoms with Crippen molar-refractivity contribution in [3.63, 3.8) is 0 Å². The number of imidazole rings is 1. The van der Waals surface area contributed by atoms with Crippen LogP contribution in [0.25, 0.3) is 0 Å². The Bertz CT molecular complexity index is 393. The molecular formula is C14H26N4O. The van der Waals surface area contributed by atoms with Crippen LogP contribution < -0.4 is 5.32 Å². The molecule has 1 aliphatic rings. The topological polar surface area (TPSA) is 42.3 Å². The maximum atomic E-state index is 5.22. The highest BCUT2D eigenvalue weighted by atomic mass is 16.5. The summed E-state index contributed by atoms with van der Waals surface area (Å²) in [7, 11) is 3.93. The molecule has 1 aromatic rings. The average Bonchev–Trinajstić information content (AvgIpc) is 2.82. The molecular weight excluding hydrogens is 240 g/mol. The molecule has 1 fully saturated rings. The van der Waals surface area contributed by atoms with Gasteiger partial charge in [0.2, 0.25) is 5.95 Å². The second-order valence-electron chi connectivity index (χ2n) is 5.66. The van der Waals surface area contributed by atoms with E-state index in [1.165, 1.54) is 12.8 Å². The molecule has 1 saturated heterocycles. The van der Waals surface area contributed by atoms with Crippen molar-refractivity contribution in [2.24, 2.45) is 0 Å². The van der Waals surface area contributed by atoms with Gasteiger partial charge in [0.1, 0.15) is 0 Å². The van der Waals surface area contributed by atoms with E-state index in [0.717, 1.165) is 12.5 Å². The van der Waals surface area contributed by atoms with Crippen LogP contribution >= 0.6 is 0 Å². The molecule has 5 nitrogen and oxygen atoms in total. The second kappa shape index (κ2) is 6.39. The quantitative estimate of drug-likeness (QED) is 0.885. The number of rotatable bonds is 5. The molecule has 1 aromatic heterocycles. The standard InChI is InChI=1S/C14H26N4O/c1-11-9-13(5-7-17(11)3)16-14-15-6-8-18(14)12(2)10-19-4/h6,8,11-13H,5,7,9-10H2,1-4H3,(H,15,16). The number of nitrogens with zero attached hydrogens (tertiary/aromatic N) is 3. The van der Waals surface area contributed by atoms with Crippen LogP contribution in [0.15, 0.2) is 12.4 Å². The van der Waals surface area contributed by atoms with Crippen molar-refractivity contribution in [2.45, 2.75) is 44.8 Å². The van der Waals surface area contributed by atoms with Crippen LogP contribution in [-0.4, -0.2) is 53.8 Å². The summed E-state index contributed by atoms with van der Waals surface area (Å²) in [5.41, 5.74) is 0. The van der Waals surface area contributed by atoms with E-state index in [1.54, 1.807) is 7.11 Å². The van der Waals surface area contributed by atoms with Gasteiger partial charge in [-0.1, -0.05) is 0 Å². The van der Waals surface area contributed by atoms with Crippen molar-refractivity contribution in [3.05, 3.63) is 12.4 Å². The maximum absolute atomic E-state index is 5.22. The van der Waals surface area contributed by atoms with E-state index in [-0.39, 0.29) is 0 Å². The Balaban J connectivity index is 1.98. The molecule has 0 spiro atoms. The van der Waals surface area contributed by atoms with Crippen LogP contribution in [0, 0.1) is 0 Å². The monoisotopic (exact) mass is 266 g/mol. The highest BCUT2D eigenvalue weighted by Gasteiger charge is 2.23. The summed E-state index contributed by atoms with van der Waals surface area (Å²) in [6, 6.07) is 1.45. The Hall–Kier alpha value is -1.07. The molecule has 0 aliphatic carbocycles. The average molecular weight is 266 g/mol. The number of hydrogen-bond acceptors (Lipinski definition) is 4. The van der Waals surface area contributed by atoms with E-state index in [0.29, 0.717) is 24.7 Å². The van der Waals surface area contributed by atoms with E-state index < -0.39 is 0 Å². The Morgan fingerprint density at radius 1 is 1.58 bits per heavy atom. The molecule has 2 rings (SSSR count). The summed E-state index contributed by atoms with van der Waals surface area (Å²) >= 11 is 0. The molecule has 1 N–H and O–H groups in total. The zero-order valence-corrected chi connectivity index (χ0v) is 12.5. The number of anilines is 1. The minimum atomic E-state index is 0.304. The van der Waals surface area contributed by atoms with Crippen molar-refractivity contribution in [3.8, 4) is 0 Å². The minimum absolute atomic E-state index is 0.304. The third-order valence-corrected chi connectivity index (χ3v) is 4.09. The predicted molar refractivity (Wildman–Crippen MR) is 77.6 cm³/mol. The van der Waals surface area contributed by atoms with E-state index in [4.69, 9.17) is 4.74 Å². The van der Waals surface area contributed by atoms with Gasteiger partial charge in [-0.25, -0.2) is 4.98 Å². The van der Waals surface area contributed by atoms with Crippen LogP contribution in [0.2, 0.25) is 0 Å². The third-order valence-electron chi connectivity index (χ3n) is 4.09. The fraction of sp³-hybridized carbons (Fsp3) is 0.786. The minimum Gasteiger partial charge on any atom is -0.383 e. The molecule has 0 amide bonds. The highest BCUT2D eigenvalue weighted by Crippen LogP contribution is 2.21. The number of piperidine rings is 1. The van der Waals surface area contributed by atoms with Crippen molar-refractivity contribution in [1.82, 2.24) is 14.5 Å². The van der Waals surface area contributed by atoms with Gasteiger partial charge in [-0.05, 0) is 33.7 Å². The fourth-order valence-electron chi connectivity index (χ4n) is 2.71. The molecule has 0 bridgehead atoms. The van der Waals surface area contributed by atoms with E-state index in [2.05, 4.69) is 40.7 Å². The summed E-state index contributed by atoms with van der Waals surface area (Å²) in [5, 5.41) is 3.59. The SMILES string of the molecule is COCC(C)n1ccnc1NC1CCN(C)C(C)C1. The van der Waals surface area contributed by atoms with Gasteiger partial charge in [0.05, 0.1) is 12.6 Å². The first kappa shape index (κ1) is 14.3. The number of hydrogen-bond donors (Lipinski definition) is 1. The van der Waals surface area contributed by atoms with Gasteiger partial charge >= 0.3 is 0 Å². The smallest absolute Gasteiger partial charge is 0.203 e. The summed E-state index contributed by atoms with van der Waals surface area (Å²) in [6.07, 6.45) is 6.21. The third kappa shape index (κ3) is 3.48. The molecule has 2 heterocycles. The maximum Gasteiger partial charge on any atom is 0.203 e. The van der Waals surface area contributed by atoms with Crippen LogP contribution in [0.1, 0.15) is 32.7 Å². The summed E-state index contributed by atoms with van der Waals surface area (Å²) in [5.74, 6) is 0.964. The van der Waals surface area contributed by atoms with Crippen molar-refractivity contribution in [2.75, 3.05) is 32.6 Å². The van der Waals surface area contributed by atoms with Gasteiger partial charge in [0, 0.05) is 38.1 Å². The number of aromatic nitrogens is 2. The Morgan fingerprint density at radius 3 is 3.05 bits per heavy atom. The lowest BCUT2D eigenvalue weighted by Gasteiger charge is -2.35. The van der Waals surface area contributed by atoms with Crippen molar-refractivity contribution < 1.29 is 4.74 Å². The van der Waals surface area contributed by atoms with Gasteiger partial charge < -0.3 is 19.5 Å². The first-order valence-corrected chi connectivity index (χ1v) is 7.10. The summed E-state index contributed by atoms with van der Waals surface area (Å²) < 4.78 is 7.38. The predicted octanol–water partition coefficient (Wildman–Crippen LogP) is 1.99. The highest BCUT2D eigenvalue weighted by molar-refractivity contribution is 5.28. The number of nitrogens with one attached hydrogen (secondary N) is 1. The first-order chi connectivity index (χ1) is 9.11. The molecule has 0 saturated carbocycles. The van der Waals surface area contributed by atoms with Crippen LogP contribution in [-0.2, 0) is 4.74 Å². The normalized spacial score (nSPS) is 26.3. The second-order valence-corrected chi connectivity index (χ2v) is 5.66. The van der Waals surface area contributed by atoms with Gasteiger partial charge in [0.25, 0.3) is 0 Å². The van der Waals surface area contributed by atoms with Gasteiger partial charge in [-0.2, -0.15) is 0 Å². The Labute approximate surface area is 116 Å². The molecule has 19 heavy (non-hydrogen) atoms. The molecule has 5 heteroatoms. The zero-order valence-electron chi connectivity index (χ0n) is 12.5. The summed E-state index contributed by atoms with van der Waals surface area (Å²) in [4.78, 5) is 6.86. The van der Waals surface area contributed by atoms with E-state index in [1.807, 2.05) is 12.4 Å². The Kier molecular flexibility index (Phi) is 4.82. The number of likely N-dealkylation sites (tertiary alicyclic amines) is 1. The van der Waals surface area contributed by atoms with Crippen LogP contribution in [0.4, 0.5) is 5.95 Å². The molecule has 1 aliphatic heterocycles. The number of methoxy groups -OCH3 is 1. The van der Waals surface area contributed by atoms with Crippen LogP contribution in [0.3, 0.4) is 0 Å². The number of ether oxygens (including phenoxy) is 1. The van der Waals surface area contributed by atoms with E-state index in [9.17, 15) is 0 Å². The first-order valence-electron chi connectivity index (χ1n) is 7.10. The fourth-order valence-corrected chi connectivity index (χ4v) is 2.71. The molecule has 3 unspecified atom stereocenters. The van der Waals surface area contributed by atoms with Gasteiger partial charge in [0.15, 0.2) is 0 Å². The lowest BCUT2D eigenvalue weighted by molar-refractivity contribution is 0.162. The molecule has 3 atom stereocenters. The van der Waals surface area contributed by atoms with Gasteiger partial charge in [-0.3, -0.25) is 0 Å². The molecule has 0 radical (unpaired) electrons. The molecule has 108 valence electrons. The van der Waals surface area contributed by atoms with Crippen molar-refractivity contribution >= 4 is 5.95 Å². The van der Waals surface area contributed by atoms with Crippen molar-refractivity contribution in [1.29, 1.82) is 0 Å². The van der Waals surface area contributed by atoms with Crippen LogP contribution in [0.5, 0.6) is 0 Å². The summed E-state index contributed by atoms with van der Waals surface area (Å²) in [6.45, 7) is 6.28. The molecule has 0 aromatic carbocycles. The zero-order chi connectivity index (χ0) is 13.8. The lowest BCUT2D eigenvalue weighted by atomic mass is 9.99. The largest absolute Gasteiger partial charge is 0.383 e. The lowest BCUT2D eigenvalue weighted by Crippen LogP contribution is -2.43.